The van der Waals surface area contributed by atoms with Crippen molar-refractivity contribution >= 4 is 23.4 Å². The third-order valence-electron chi connectivity index (χ3n) is 4.20. The molecule has 0 saturated carbocycles. The molecule has 0 atom stereocenters. The first-order valence-electron chi connectivity index (χ1n) is 8.23. The number of benzene rings is 2. The van der Waals surface area contributed by atoms with Gasteiger partial charge in [-0.3, -0.25) is 9.59 Å². The van der Waals surface area contributed by atoms with Crippen molar-refractivity contribution in [3.63, 3.8) is 0 Å². The summed E-state index contributed by atoms with van der Waals surface area (Å²) >= 11 is 6.16. The standard InChI is InChI=1S/C20H23ClN2O2/c1-14-8-9-17(12-15(14)2)20(25)22-10-11-23(16(3)24)13-18-6-4-5-7-19(18)21/h4-9,12H,10-11,13H2,1-3H3,(H,22,25). The molecule has 1 N–H and O–H groups in total. The summed E-state index contributed by atoms with van der Waals surface area (Å²) in [5.74, 6) is -0.190. The van der Waals surface area contributed by atoms with E-state index in [1.54, 1.807) is 11.0 Å². The second-order valence-corrected chi connectivity index (χ2v) is 6.49. The van der Waals surface area contributed by atoms with E-state index in [1.807, 2.05) is 50.2 Å². The first kappa shape index (κ1) is 19.0. The van der Waals surface area contributed by atoms with Crippen LogP contribution >= 0.6 is 11.6 Å². The molecule has 0 unspecified atom stereocenters. The molecule has 0 bridgehead atoms. The van der Waals surface area contributed by atoms with Gasteiger partial charge >= 0.3 is 0 Å². The molecule has 0 aliphatic rings. The van der Waals surface area contributed by atoms with Crippen molar-refractivity contribution in [2.75, 3.05) is 13.1 Å². The lowest BCUT2D eigenvalue weighted by molar-refractivity contribution is -0.129. The van der Waals surface area contributed by atoms with Gasteiger partial charge in [-0.2, -0.15) is 0 Å². The Morgan fingerprint density at radius 2 is 1.80 bits per heavy atom. The number of carbonyl (C=O) groups is 2. The predicted molar refractivity (Wildman–Crippen MR) is 101 cm³/mol. The smallest absolute Gasteiger partial charge is 0.251 e. The van der Waals surface area contributed by atoms with Gasteiger partial charge in [-0.1, -0.05) is 35.9 Å². The van der Waals surface area contributed by atoms with Crippen molar-refractivity contribution in [1.29, 1.82) is 0 Å². The number of aryl methyl sites for hydroxylation is 2. The van der Waals surface area contributed by atoms with Gasteiger partial charge in [0.05, 0.1) is 0 Å². The lowest BCUT2D eigenvalue weighted by Gasteiger charge is -2.22. The zero-order valence-corrected chi connectivity index (χ0v) is 15.6. The quantitative estimate of drug-likeness (QED) is 0.855. The van der Waals surface area contributed by atoms with Gasteiger partial charge in [0.2, 0.25) is 5.91 Å². The third-order valence-corrected chi connectivity index (χ3v) is 4.57. The van der Waals surface area contributed by atoms with Gasteiger partial charge in [-0.15, -0.1) is 0 Å². The Hall–Kier alpha value is -2.33. The molecule has 0 aliphatic carbocycles. The molecule has 5 heteroatoms. The highest BCUT2D eigenvalue weighted by Crippen LogP contribution is 2.17. The summed E-state index contributed by atoms with van der Waals surface area (Å²) in [5.41, 5.74) is 3.75. The molecule has 132 valence electrons. The molecule has 0 saturated heterocycles. The summed E-state index contributed by atoms with van der Waals surface area (Å²) in [4.78, 5) is 25.8. The molecule has 0 aliphatic heterocycles. The zero-order valence-electron chi connectivity index (χ0n) is 14.8. The first-order chi connectivity index (χ1) is 11.9. The van der Waals surface area contributed by atoms with Crippen LogP contribution in [0.3, 0.4) is 0 Å². The van der Waals surface area contributed by atoms with Crippen LogP contribution in [0.4, 0.5) is 0 Å². The summed E-state index contributed by atoms with van der Waals surface area (Å²) in [7, 11) is 0. The van der Waals surface area contributed by atoms with Gasteiger partial charge in [0.25, 0.3) is 5.91 Å². The molecule has 2 amide bonds. The van der Waals surface area contributed by atoms with Gasteiger partial charge in [0, 0.05) is 37.1 Å². The lowest BCUT2D eigenvalue weighted by Crippen LogP contribution is -2.37. The number of carbonyl (C=O) groups excluding carboxylic acids is 2. The molecular formula is C20H23ClN2O2. The highest BCUT2D eigenvalue weighted by Gasteiger charge is 2.12. The Bertz CT molecular complexity index is 774. The maximum atomic E-state index is 12.2. The predicted octanol–water partition coefficient (Wildman–Crippen LogP) is 3.74. The fourth-order valence-electron chi connectivity index (χ4n) is 2.47. The van der Waals surface area contributed by atoms with E-state index in [-0.39, 0.29) is 11.8 Å². The van der Waals surface area contributed by atoms with E-state index in [2.05, 4.69) is 5.32 Å². The van der Waals surface area contributed by atoms with Crippen LogP contribution in [0, 0.1) is 13.8 Å². The number of hydrogen-bond acceptors (Lipinski definition) is 2. The van der Waals surface area contributed by atoms with E-state index in [0.717, 1.165) is 16.7 Å². The molecule has 0 heterocycles. The second kappa shape index (κ2) is 8.67. The Morgan fingerprint density at radius 1 is 1.08 bits per heavy atom. The van der Waals surface area contributed by atoms with Crippen LogP contribution < -0.4 is 5.32 Å². The van der Waals surface area contributed by atoms with Crippen molar-refractivity contribution < 1.29 is 9.59 Å². The minimum absolute atomic E-state index is 0.0552. The second-order valence-electron chi connectivity index (χ2n) is 6.09. The van der Waals surface area contributed by atoms with E-state index in [0.29, 0.717) is 30.2 Å². The van der Waals surface area contributed by atoms with Gasteiger partial charge in [0.15, 0.2) is 0 Å². The van der Waals surface area contributed by atoms with Crippen molar-refractivity contribution in [3.8, 4) is 0 Å². The molecule has 2 aromatic rings. The summed E-state index contributed by atoms with van der Waals surface area (Å²) in [6, 6.07) is 13.1. The number of halogens is 1. The maximum Gasteiger partial charge on any atom is 0.251 e. The van der Waals surface area contributed by atoms with Crippen LogP contribution in [-0.4, -0.2) is 29.8 Å². The monoisotopic (exact) mass is 358 g/mol. The van der Waals surface area contributed by atoms with E-state index in [9.17, 15) is 9.59 Å². The van der Waals surface area contributed by atoms with Crippen LogP contribution in [-0.2, 0) is 11.3 Å². The maximum absolute atomic E-state index is 12.2. The minimum Gasteiger partial charge on any atom is -0.350 e. The molecule has 0 aromatic heterocycles. The summed E-state index contributed by atoms with van der Waals surface area (Å²) < 4.78 is 0. The summed E-state index contributed by atoms with van der Waals surface area (Å²) in [6.45, 7) is 6.74. The SMILES string of the molecule is CC(=O)N(CCNC(=O)c1ccc(C)c(C)c1)Cc1ccccc1Cl. The van der Waals surface area contributed by atoms with Gasteiger partial charge in [-0.05, 0) is 48.7 Å². The molecule has 0 radical (unpaired) electrons. The topological polar surface area (TPSA) is 49.4 Å². The first-order valence-corrected chi connectivity index (χ1v) is 8.60. The summed E-state index contributed by atoms with van der Waals surface area (Å²) in [6.07, 6.45) is 0. The molecular weight excluding hydrogens is 336 g/mol. The average Bonchev–Trinajstić information content (AvgIpc) is 2.57. The minimum atomic E-state index is -0.135. The Kier molecular flexibility index (Phi) is 6.59. The lowest BCUT2D eigenvalue weighted by atomic mass is 10.1. The number of rotatable bonds is 6. The Labute approximate surface area is 153 Å². The van der Waals surface area contributed by atoms with Crippen LogP contribution in [0.15, 0.2) is 42.5 Å². The van der Waals surface area contributed by atoms with E-state index in [1.165, 1.54) is 6.92 Å². The number of nitrogens with one attached hydrogen (secondary N) is 1. The van der Waals surface area contributed by atoms with Gasteiger partial charge < -0.3 is 10.2 Å². The fourth-order valence-corrected chi connectivity index (χ4v) is 2.66. The van der Waals surface area contributed by atoms with Crippen molar-refractivity contribution in [2.24, 2.45) is 0 Å². The van der Waals surface area contributed by atoms with Crippen LogP contribution in [0.5, 0.6) is 0 Å². The average molecular weight is 359 g/mol. The van der Waals surface area contributed by atoms with Crippen LogP contribution in [0.2, 0.25) is 5.02 Å². The zero-order chi connectivity index (χ0) is 18.4. The Morgan fingerprint density at radius 3 is 2.44 bits per heavy atom. The van der Waals surface area contributed by atoms with Crippen molar-refractivity contribution in [1.82, 2.24) is 10.2 Å². The van der Waals surface area contributed by atoms with Gasteiger partial charge in [-0.25, -0.2) is 0 Å². The van der Waals surface area contributed by atoms with E-state index >= 15 is 0 Å². The highest BCUT2D eigenvalue weighted by atomic mass is 35.5. The normalized spacial score (nSPS) is 10.4. The van der Waals surface area contributed by atoms with Gasteiger partial charge in [0.1, 0.15) is 0 Å². The molecule has 0 spiro atoms. The van der Waals surface area contributed by atoms with Crippen molar-refractivity contribution in [2.45, 2.75) is 27.3 Å². The summed E-state index contributed by atoms with van der Waals surface area (Å²) in [5, 5.41) is 3.50. The van der Waals surface area contributed by atoms with Crippen LogP contribution in [0.1, 0.15) is 34.0 Å². The molecule has 0 fully saturated rings. The molecule has 4 nitrogen and oxygen atoms in total. The number of nitrogens with zero attached hydrogens (tertiary/aromatic N) is 1. The van der Waals surface area contributed by atoms with Crippen molar-refractivity contribution in [3.05, 3.63) is 69.7 Å². The third kappa shape index (κ3) is 5.33. The number of amides is 2. The fraction of sp³-hybridized carbons (Fsp3) is 0.300. The van der Waals surface area contributed by atoms with E-state index < -0.39 is 0 Å². The molecule has 2 rings (SSSR count). The highest BCUT2D eigenvalue weighted by molar-refractivity contribution is 6.31. The Balaban J connectivity index is 1.93. The molecule has 25 heavy (non-hydrogen) atoms. The number of hydrogen-bond donors (Lipinski definition) is 1. The van der Waals surface area contributed by atoms with Crippen LogP contribution in [0.25, 0.3) is 0 Å². The largest absolute Gasteiger partial charge is 0.350 e. The van der Waals surface area contributed by atoms with E-state index in [4.69, 9.17) is 11.6 Å². The molecule has 2 aromatic carbocycles.